The molecular formula is C18H12F3N5OS. The second-order valence-electron chi connectivity index (χ2n) is 5.85. The predicted octanol–water partition coefficient (Wildman–Crippen LogP) is 4.03. The van der Waals surface area contributed by atoms with Crippen LogP contribution in [0.2, 0.25) is 0 Å². The molecule has 0 bridgehead atoms. The van der Waals surface area contributed by atoms with Gasteiger partial charge in [0, 0.05) is 5.69 Å². The maximum Gasteiger partial charge on any atom is 0.416 e. The number of alkyl halides is 3. The fourth-order valence-corrected chi connectivity index (χ4v) is 3.45. The van der Waals surface area contributed by atoms with Gasteiger partial charge in [0.05, 0.1) is 22.3 Å². The summed E-state index contributed by atoms with van der Waals surface area (Å²) >= 11 is 1.14. The van der Waals surface area contributed by atoms with Gasteiger partial charge >= 0.3 is 6.18 Å². The van der Waals surface area contributed by atoms with E-state index in [9.17, 15) is 18.0 Å². The topological polar surface area (TPSA) is 72.2 Å². The number of aromatic nitrogens is 4. The second kappa shape index (κ2) is 7.12. The fraction of sp³-hybridized carbons (Fsp3) is 0.111. The maximum absolute atomic E-state index is 12.8. The fourth-order valence-electron chi connectivity index (χ4n) is 2.68. The molecule has 2 aromatic heterocycles. The summed E-state index contributed by atoms with van der Waals surface area (Å²) < 4.78 is 40.1. The summed E-state index contributed by atoms with van der Waals surface area (Å²) in [5, 5.41) is 10.9. The second-order valence-corrected chi connectivity index (χ2v) is 6.81. The number of para-hydroxylation sites is 2. The standard InChI is InChI=1S/C18H12F3N5OS/c19-18(20,21)11-4-3-5-12(8-11)23-15(27)9-28-17-16-25-22-10-26(16)14-7-2-1-6-13(14)24-17/h1-8,10H,9H2,(H,23,27). The first-order valence-electron chi connectivity index (χ1n) is 8.10. The Morgan fingerprint density at radius 1 is 1.14 bits per heavy atom. The van der Waals surface area contributed by atoms with Crippen LogP contribution in [-0.2, 0) is 11.0 Å². The van der Waals surface area contributed by atoms with Crippen LogP contribution in [-0.4, -0.2) is 31.2 Å². The Morgan fingerprint density at radius 3 is 2.79 bits per heavy atom. The Balaban J connectivity index is 1.51. The number of hydrogen-bond acceptors (Lipinski definition) is 5. The van der Waals surface area contributed by atoms with E-state index in [1.54, 1.807) is 10.7 Å². The summed E-state index contributed by atoms with van der Waals surface area (Å²) in [5.41, 5.74) is 1.32. The van der Waals surface area contributed by atoms with Crippen LogP contribution in [0.4, 0.5) is 18.9 Å². The summed E-state index contributed by atoms with van der Waals surface area (Å²) in [7, 11) is 0. The van der Waals surface area contributed by atoms with Gasteiger partial charge in [0.15, 0.2) is 5.65 Å². The number of carbonyl (C=O) groups is 1. The Morgan fingerprint density at radius 2 is 1.96 bits per heavy atom. The highest BCUT2D eigenvalue weighted by atomic mass is 32.2. The van der Waals surface area contributed by atoms with E-state index >= 15 is 0 Å². The van der Waals surface area contributed by atoms with Gasteiger partial charge in [0.1, 0.15) is 11.4 Å². The largest absolute Gasteiger partial charge is 0.416 e. The van der Waals surface area contributed by atoms with Crippen molar-refractivity contribution in [2.24, 2.45) is 0 Å². The highest BCUT2D eigenvalue weighted by molar-refractivity contribution is 8.00. The van der Waals surface area contributed by atoms with Crippen molar-refractivity contribution in [2.75, 3.05) is 11.1 Å². The van der Waals surface area contributed by atoms with Crippen molar-refractivity contribution in [3.05, 3.63) is 60.4 Å². The SMILES string of the molecule is O=C(CSc1nc2ccccc2n2cnnc12)Nc1cccc(C(F)(F)F)c1. The molecule has 0 fully saturated rings. The van der Waals surface area contributed by atoms with Crippen LogP contribution in [0, 0.1) is 0 Å². The number of amides is 1. The number of thioether (sulfide) groups is 1. The summed E-state index contributed by atoms with van der Waals surface area (Å²) in [5.74, 6) is -0.485. The molecule has 0 saturated heterocycles. The molecule has 0 unspecified atom stereocenters. The minimum absolute atomic E-state index is 0.0376. The number of nitrogens with zero attached hydrogens (tertiary/aromatic N) is 4. The molecule has 0 spiro atoms. The van der Waals surface area contributed by atoms with Crippen molar-refractivity contribution in [1.82, 2.24) is 19.6 Å². The van der Waals surface area contributed by atoms with E-state index in [0.717, 1.165) is 34.9 Å². The van der Waals surface area contributed by atoms with Crippen molar-refractivity contribution < 1.29 is 18.0 Å². The van der Waals surface area contributed by atoms with Gasteiger partial charge in [-0.05, 0) is 30.3 Å². The lowest BCUT2D eigenvalue weighted by atomic mass is 10.2. The smallest absolute Gasteiger partial charge is 0.325 e. The third-order valence-electron chi connectivity index (χ3n) is 3.92. The van der Waals surface area contributed by atoms with Gasteiger partial charge in [0.2, 0.25) is 5.91 Å². The molecule has 0 aliphatic carbocycles. The number of carbonyl (C=O) groups excluding carboxylic acids is 1. The van der Waals surface area contributed by atoms with Gasteiger partial charge in [-0.2, -0.15) is 13.2 Å². The molecule has 142 valence electrons. The van der Waals surface area contributed by atoms with Crippen LogP contribution >= 0.6 is 11.8 Å². The average molecular weight is 403 g/mol. The lowest BCUT2D eigenvalue weighted by Gasteiger charge is -2.10. The molecule has 0 atom stereocenters. The first-order chi connectivity index (χ1) is 13.4. The van der Waals surface area contributed by atoms with Gasteiger partial charge < -0.3 is 5.32 Å². The quantitative estimate of drug-likeness (QED) is 0.521. The molecule has 6 nitrogen and oxygen atoms in total. The molecule has 0 saturated carbocycles. The molecule has 0 radical (unpaired) electrons. The highest BCUT2D eigenvalue weighted by Crippen LogP contribution is 2.31. The number of hydrogen-bond donors (Lipinski definition) is 1. The van der Waals surface area contributed by atoms with Crippen molar-refractivity contribution in [3.8, 4) is 0 Å². The Kier molecular flexibility index (Phi) is 4.63. The molecule has 28 heavy (non-hydrogen) atoms. The van der Waals surface area contributed by atoms with Gasteiger partial charge in [0.25, 0.3) is 0 Å². The minimum atomic E-state index is -4.47. The zero-order valence-electron chi connectivity index (χ0n) is 14.1. The summed E-state index contributed by atoms with van der Waals surface area (Å²) in [6, 6.07) is 11.9. The number of halogens is 3. The summed E-state index contributed by atoms with van der Waals surface area (Å²) in [6.45, 7) is 0. The molecule has 1 amide bonds. The van der Waals surface area contributed by atoms with E-state index in [4.69, 9.17) is 0 Å². The van der Waals surface area contributed by atoms with E-state index in [1.165, 1.54) is 12.1 Å². The molecule has 2 heterocycles. The van der Waals surface area contributed by atoms with Crippen LogP contribution in [0.3, 0.4) is 0 Å². The van der Waals surface area contributed by atoms with Gasteiger partial charge in [-0.3, -0.25) is 9.20 Å². The zero-order chi connectivity index (χ0) is 19.7. The number of anilines is 1. The lowest BCUT2D eigenvalue weighted by molar-refractivity contribution is -0.137. The van der Waals surface area contributed by atoms with Crippen molar-refractivity contribution >= 4 is 40.0 Å². The Hall–Kier alpha value is -3.14. The van der Waals surface area contributed by atoms with Crippen LogP contribution in [0.25, 0.3) is 16.7 Å². The van der Waals surface area contributed by atoms with Crippen molar-refractivity contribution in [3.63, 3.8) is 0 Å². The predicted molar refractivity (Wildman–Crippen MR) is 99.1 cm³/mol. The van der Waals surface area contributed by atoms with Gasteiger partial charge in [-0.25, -0.2) is 4.98 Å². The van der Waals surface area contributed by atoms with Gasteiger partial charge in [-0.15, -0.1) is 10.2 Å². The number of fused-ring (bicyclic) bond motifs is 3. The summed E-state index contributed by atoms with van der Waals surface area (Å²) in [4.78, 5) is 16.7. The van der Waals surface area contributed by atoms with E-state index in [0.29, 0.717) is 10.7 Å². The normalized spacial score (nSPS) is 11.8. The third-order valence-corrected chi connectivity index (χ3v) is 4.87. The molecule has 1 N–H and O–H groups in total. The monoisotopic (exact) mass is 403 g/mol. The van der Waals surface area contributed by atoms with Crippen molar-refractivity contribution in [2.45, 2.75) is 11.2 Å². The van der Waals surface area contributed by atoms with Crippen LogP contribution in [0.15, 0.2) is 59.9 Å². The van der Waals surface area contributed by atoms with E-state index < -0.39 is 17.6 Å². The Bertz CT molecular complexity index is 1170. The van der Waals surface area contributed by atoms with Crippen molar-refractivity contribution in [1.29, 1.82) is 0 Å². The number of rotatable bonds is 4. The van der Waals surface area contributed by atoms with Crippen LogP contribution in [0.1, 0.15) is 5.56 Å². The molecular weight excluding hydrogens is 391 g/mol. The molecule has 0 aliphatic heterocycles. The molecule has 0 aliphatic rings. The first-order valence-corrected chi connectivity index (χ1v) is 9.09. The number of benzene rings is 2. The minimum Gasteiger partial charge on any atom is -0.325 e. The average Bonchev–Trinajstić information content (AvgIpc) is 3.16. The maximum atomic E-state index is 12.8. The highest BCUT2D eigenvalue weighted by Gasteiger charge is 2.30. The molecule has 2 aromatic carbocycles. The molecule has 4 rings (SSSR count). The third kappa shape index (κ3) is 3.63. The summed E-state index contributed by atoms with van der Waals surface area (Å²) in [6.07, 6.45) is -2.91. The van der Waals surface area contributed by atoms with Crippen LogP contribution < -0.4 is 5.32 Å². The van der Waals surface area contributed by atoms with E-state index in [2.05, 4.69) is 20.5 Å². The number of nitrogens with one attached hydrogen (secondary N) is 1. The zero-order valence-corrected chi connectivity index (χ0v) is 15.0. The van der Waals surface area contributed by atoms with E-state index in [1.807, 2.05) is 24.3 Å². The first kappa shape index (κ1) is 18.2. The molecule has 10 heteroatoms. The van der Waals surface area contributed by atoms with Gasteiger partial charge in [-0.1, -0.05) is 30.0 Å². The lowest BCUT2D eigenvalue weighted by Crippen LogP contribution is -2.15. The van der Waals surface area contributed by atoms with Crippen LogP contribution in [0.5, 0.6) is 0 Å². The van der Waals surface area contributed by atoms with E-state index in [-0.39, 0.29) is 11.4 Å². The molecule has 4 aromatic rings. The Labute approximate surface area is 160 Å².